The molecule has 0 saturated heterocycles. The van der Waals surface area contributed by atoms with E-state index >= 15 is 0 Å². The summed E-state index contributed by atoms with van der Waals surface area (Å²) in [5.41, 5.74) is -0.797. The lowest BCUT2D eigenvalue weighted by Crippen LogP contribution is -2.52. The Morgan fingerprint density at radius 1 is 0.825 bits per heavy atom. The van der Waals surface area contributed by atoms with Crippen LogP contribution in [0, 0.1) is 6.92 Å². The highest BCUT2D eigenvalue weighted by Crippen LogP contribution is 2.47. The molecule has 0 radical (unpaired) electrons. The van der Waals surface area contributed by atoms with Gasteiger partial charge in [0.05, 0.1) is 26.7 Å². The fourth-order valence-electron chi connectivity index (χ4n) is 4.59. The second-order valence-corrected chi connectivity index (χ2v) is 11.4. The van der Waals surface area contributed by atoms with Crippen LogP contribution in [-0.4, -0.2) is 23.6 Å². The number of rotatable bonds is 4. The molecule has 0 bridgehead atoms. The van der Waals surface area contributed by atoms with E-state index in [1.54, 1.807) is 32.9 Å². The van der Waals surface area contributed by atoms with Gasteiger partial charge in [-0.15, -0.1) is 0 Å². The Morgan fingerprint density at radius 3 is 1.98 bits per heavy atom. The standard InChI is InChI=1S/C29H20Cl4O7/c1-13-10-22(34)37-24-16(13)8-9-21-23(24)25(38-27(35)17-6-4-14(30)11-19(17)32)26(29(2,3)40-21)39-28(36)18-7-5-15(31)12-20(18)33/h4-12,25-26H,1-3H3/t25-,26-/m0/s1. The van der Waals surface area contributed by atoms with Crippen molar-refractivity contribution in [2.24, 2.45) is 0 Å². The van der Waals surface area contributed by atoms with Crippen LogP contribution in [0.3, 0.4) is 0 Å². The Hall–Kier alpha value is -3.23. The van der Waals surface area contributed by atoms with Crippen LogP contribution < -0.4 is 10.4 Å². The van der Waals surface area contributed by atoms with Crippen molar-refractivity contribution in [3.63, 3.8) is 0 Å². The van der Waals surface area contributed by atoms with Gasteiger partial charge in [0, 0.05) is 21.5 Å². The van der Waals surface area contributed by atoms with Gasteiger partial charge in [0.2, 0.25) is 0 Å². The number of aryl methyl sites for hydroxylation is 1. The molecule has 4 aromatic rings. The highest BCUT2D eigenvalue weighted by Gasteiger charge is 2.50. The van der Waals surface area contributed by atoms with Crippen LogP contribution in [0.4, 0.5) is 0 Å². The zero-order valence-corrected chi connectivity index (χ0v) is 24.2. The topological polar surface area (TPSA) is 92.0 Å². The molecule has 40 heavy (non-hydrogen) atoms. The summed E-state index contributed by atoms with van der Waals surface area (Å²) in [6.45, 7) is 5.09. The molecular weight excluding hydrogens is 602 g/mol. The van der Waals surface area contributed by atoms with Gasteiger partial charge in [-0.2, -0.15) is 0 Å². The number of hydrogen-bond donors (Lipinski definition) is 0. The fraction of sp³-hybridized carbons (Fsp3) is 0.207. The van der Waals surface area contributed by atoms with Gasteiger partial charge in [0.1, 0.15) is 16.9 Å². The quantitative estimate of drug-likeness (QED) is 0.168. The van der Waals surface area contributed by atoms with Crippen molar-refractivity contribution in [3.05, 3.63) is 107 Å². The van der Waals surface area contributed by atoms with Crippen LogP contribution in [0.1, 0.15) is 51.8 Å². The Balaban J connectivity index is 1.67. The van der Waals surface area contributed by atoms with E-state index in [9.17, 15) is 14.4 Å². The maximum absolute atomic E-state index is 13.5. The van der Waals surface area contributed by atoms with E-state index < -0.39 is 35.4 Å². The number of benzene rings is 3. The van der Waals surface area contributed by atoms with Crippen molar-refractivity contribution < 1.29 is 28.2 Å². The van der Waals surface area contributed by atoms with Gasteiger partial charge in [-0.3, -0.25) is 0 Å². The smallest absolute Gasteiger partial charge is 0.340 e. The summed E-state index contributed by atoms with van der Waals surface area (Å²) in [6, 6.07) is 13.4. The lowest BCUT2D eigenvalue weighted by molar-refractivity contribution is -0.122. The molecule has 1 aromatic heterocycles. The molecule has 1 aliphatic rings. The number of hydrogen-bond acceptors (Lipinski definition) is 7. The van der Waals surface area contributed by atoms with Crippen molar-refractivity contribution in [1.82, 2.24) is 0 Å². The molecule has 3 aromatic carbocycles. The van der Waals surface area contributed by atoms with E-state index in [2.05, 4.69) is 0 Å². The van der Waals surface area contributed by atoms with Crippen molar-refractivity contribution in [3.8, 4) is 5.75 Å². The van der Waals surface area contributed by atoms with Gasteiger partial charge in [-0.25, -0.2) is 14.4 Å². The highest BCUT2D eigenvalue weighted by atomic mass is 35.5. The van der Waals surface area contributed by atoms with Crippen LogP contribution >= 0.6 is 46.4 Å². The van der Waals surface area contributed by atoms with Crippen molar-refractivity contribution in [2.45, 2.75) is 38.6 Å². The molecule has 1 aliphatic heterocycles. The number of carbonyl (C=O) groups excluding carboxylic acids is 2. The normalized spacial score (nSPS) is 17.6. The average molecular weight is 622 g/mol. The Labute approximate surface area is 248 Å². The lowest BCUT2D eigenvalue weighted by atomic mass is 9.86. The van der Waals surface area contributed by atoms with E-state index in [4.69, 9.17) is 65.0 Å². The molecule has 5 rings (SSSR count). The maximum atomic E-state index is 13.5. The Kier molecular flexibility index (Phi) is 7.52. The van der Waals surface area contributed by atoms with E-state index in [0.29, 0.717) is 21.0 Å². The van der Waals surface area contributed by atoms with Gasteiger partial charge in [-0.1, -0.05) is 46.4 Å². The summed E-state index contributed by atoms with van der Waals surface area (Å²) in [4.78, 5) is 39.2. The minimum atomic E-state index is -1.29. The van der Waals surface area contributed by atoms with Crippen LogP contribution in [0.2, 0.25) is 20.1 Å². The third kappa shape index (κ3) is 5.27. The zero-order chi connectivity index (χ0) is 28.9. The average Bonchev–Trinajstić information content (AvgIpc) is 2.85. The molecule has 0 spiro atoms. The molecule has 11 heteroatoms. The molecule has 0 saturated carbocycles. The molecule has 0 N–H and O–H groups in total. The minimum Gasteiger partial charge on any atom is -0.483 e. The maximum Gasteiger partial charge on any atom is 0.340 e. The van der Waals surface area contributed by atoms with Gasteiger partial charge in [-0.05, 0) is 74.9 Å². The molecule has 2 heterocycles. The predicted molar refractivity (Wildman–Crippen MR) is 152 cm³/mol. The Morgan fingerprint density at radius 2 is 1.40 bits per heavy atom. The van der Waals surface area contributed by atoms with Crippen LogP contribution in [0.5, 0.6) is 5.75 Å². The monoisotopic (exact) mass is 620 g/mol. The molecule has 2 atom stereocenters. The Bertz CT molecular complexity index is 1740. The van der Waals surface area contributed by atoms with Crippen molar-refractivity contribution in [1.29, 1.82) is 0 Å². The first kappa shape index (κ1) is 28.3. The highest BCUT2D eigenvalue weighted by molar-refractivity contribution is 6.37. The SMILES string of the molecule is Cc1cc(=O)oc2c3c(ccc12)OC(C)(C)[C@@H](OC(=O)c1ccc(Cl)cc1Cl)[C@H]3OC(=O)c1ccc(Cl)cc1Cl. The number of ether oxygens (including phenoxy) is 3. The summed E-state index contributed by atoms with van der Waals surface area (Å²) in [5, 5.41) is 1.37. The van der Waals surface area contributed by atoms with Gasteiger partial charge in [0.15, 0.2) is 12.2 Å². The van der Waals surface area contributed by atoms with Gasteiger partial charge < -0.3 is 18.6 Å². The summed E-state index contributed by atoms with van der Waals surface area (Å²) < 4.78 is 23.8. The summed E-state index contributed by atoms with van der Waals surface area (Å²) in [5.74, 6) is -1.36. The molecule has 206 valence electrons. The third-order valence-corrected chi connectivity index (χ3v) is 7.60. The van der Waals surface area contributed by atoms with E-state index in [-0.39, 0.29) is 38.1 Å². The van der Waals surface area contributed by atoms with Crippen LogP contribution in [0.25, 0.3) is 11.0 Å². The first-order chi connectivity index (χ1) is 18.9. The van der Waals surface area contributed by atoms with Crippen molar-refractivity contribution >= 4 is 69.3 Å². The molecule has 0 aliphatic carbocycles. The number of carbonyl (C=O) groups is 2. The third-order valence-electron chi connectivity index (χ3n) is 6.51. The summed E-state index contributed by atoms with van der Waals surface area (Å²) >= 11 is 24.5. The van der Waals surface area contributed by atoms with E-state index in [0.717, 1.165) is 0 Å². The number of esters is 2. The van der Waals surface area contributed by atoms with Gasteiger partial charge in [0.25, 0.3) is 0 Å². The lowest BCUT2D eigenvalue weighted by Gasteiger charge is -2.43. The first-order valence-corrected chi connectivity index (χ1v) is 13.5. The second-order valence-electron chi connectivity index (χ2n) is 9.71. The number of fused-ring (bicyclic) bond motifs is 3. The zero-order valence-electron chi connectivity index (χ0n) is 21.2. The van der Waals surface area contributed by atoms with E-state index in [1.807, 2.05) is 0 Å². The summed E-state index contributed by atoms with van der Waals surface area (Å²) in [6.07, 6.45) is -2.52. The van der Waals surface area contributed by atoms with Crippen LogP contribution in [0.15, 0.2) is 63.8 Å². The van der Waals surface area contributed by atoms with E-state index in [1.165, 1.54) is 42.5 Å². The predicted octanol–water partition coefficient (Wildman–Crippen LogP) is 8.01. The second kappa shape index (κ2) is 10.6. The fourth-order valence-corrected chi connectivity index (χ4v) is 5.57. The molecule has 7 nitrogen and oxygen atoms in total. The molecule has 0 unspecified atom stereocenters. The van der Waals surface area contributed by atoms with Crippen LogP contribution in [-0.2, 0) is 9.47 Å². The summed E-state index contributed by atoms with van der Waals surface area (Å²) in [7, 11) is 0. The van der Waals surface area contributed by atoms with Gasteiger partial charge >= 0.3 is 17.6 Å². The number of halogens is 4. The van der Waals surface area contributed by atoms with Crippen molar-refractivity contribution in [2.75, 3.05) is 0 Å². The minimum absolute atomic E-state index is 0.0283. The first-order valence-electron chi connectivity index (χ1n) is 11.9. The molecule has 0 amide bonds. The molecular formula is C29H20Cl4O7. The molecule has 0 fully saturated rings. The largest absolute Gasteiger partial charge is 0.483 e.